The Hall–Kier alpha value is -1.39. The first-order valence-electron chi connectivity index (χ1n) is 8.59. The van der Waals surface area contributed by atoms with Crippen LogP contribution in [0.3, 0.4) is 0 Å². The molecule has 1 atom stereocenters. The maximum atomic E-state index is 11.6. The summed E-state index contributed by atoms with van der Waals surface area (Å²) in [5, 5.41) is 20.5. The molecule has 1 heterocycles. The quantitative estimate of drug-likeness (QED) is 0.261. The molecule has 0 fully saturated rings. The molecule has 0 aliphatic heterocycles. The average molecular weight is 490 g/mol. The number of rotatable bonds is 8. The molecule has 0 bridgehead atoms. The number of carbonyl (C=O) groups excluding carboxylic acids is 1. The van der Waals surface area contributed by atoms with E-state index in [1.54, 1.807) is 11.3 Å². The number of amides is 1. The molecule has 0 saturated heterocycles. The Labute approximate surface area is 175 Å². The van der Waals surface area contributed by atoms with Crippen LogP contribution in [0.2, 0.25) is 0 Å². The number of guanidine groups is 1. The zero-order valence-corrected chi connectivity index (χ0v) is 18.3. The number of hydrogen-bond donors (Lipinski definition) is 4. The predicted octanol–water partition coefficient (Wildman–Crippen LogP) is 2.63. The second-order valence-corrected chi connectivity index (χ2v) is 6.74. The van der Waals surface area contributed by atoms with Crippen molar-refractivity contribution in [2.45, 2.75) is 26.4 Å². The summed E-state index contributed by atoms with van der Waals surface area (Å²) in [4.78, 5) is 16.8. The molecule has 8 heteroatoms. The Morgan fingerprint density at radius 3 is 2.69 bits per heavy atom. The molecule has 1 aromatic heterocycles. The SMILES string of the molecule is CCCNC(=O)CN=C(NCC)NCC(O)c1cc2ccccc2s1.I. The van der Waals surface area contributed by atoms with E-state index >= 15 is 0 Å². The van der Waals surface area contributed by atoms with Gasteiger partial charge in [0.25, 0.3) is 0 Å². The molecule has 6 nitrogen and oxygen atoms in total. The fourth-order valence-electron chi connectivity index (χ4n) is 2.27. The lowest BCUT2D eigenvalue weighted by molar-refractivity contribution is -0.119. The van der Waals surface area contributed by atoms with Gasteiger partial charge < -0.3 is 21.1 Å². The van der Waals surface area contributed by atoms with Crippen LogP contribution in [0.4, 0.5) is 0 Å². The minimum Gasteiger partial charge on any atom is -0.386 e. The summed E-state index contributed by atoms with van der Waals surface area (Å²) in [5.74, 6) is 0.415. The Balaban J connectivity index is 0.00000338. The number of nitrogens with one attached hydrogen (secondary N) is 3. The third kappa shape index (κ3) is 7.08. The molecule has 0 aliphatic rings. The molecule has 26 heavy (non-hydrogen) atoms. The average Bonchev–Trinajstić information content (AvgIpc) is 3.06. The number of aliphatic imine (C=N–C) groups is 1. The summed E-state index contributed by atoms with van der Waals surface area (Å²) in [7, 11) is 0. The van der Waals surface area contributed by atoms with Gasteiger partial charge in [-0.1, -0.05) is 25.1 Å². The van der Waals surface area contributed by atoms with Gasteiger partial charge >= 0.3 is 0 Å². The number of halogens is 1. The van der Waals surface area contributed by atoms with Gasteiger partial charge in [0.05, 0.1) is 0 Å². The number of aliphatic hydroxyl groups is 1. The highest BCUT2D eigenvalue weighted by molar-refractivity contribution is 14.0. The summed E-state index contributed by atoms with van der Waals surface area (Å²) in [5.41, 5.74) is 0. The van der Waals surface area contributed by atoms with E-state index in [4.69, 9.17) is 0 Å². The maximum absolute atomic E-state index is 11.6. The highest BCUT2D eigenvalue weighted by Gasteiger charge is 2.12. The largest absolute Gasteiger partial charge is 0.386 e. The van der Waals surface area contributed by atoms with Crippen molar-refractivity contribution in [2.75, 3.05) is 26.2 Å². The van der Waals surface area contributed by atoms with Gasteiger partial charge in [0.2, 0.25) is 5.91 Å². The van der Waals surface area contributed by atoms with Crippen LogP contribution in [0.5, 0.6) is 0 Å². The van der Waals surface area contributed by atoms with Crippen LogP contribution in [-0.2, 0) is 4.79 Å². The Morgan fingerprint density at radius 2 is 2.00 bits per heavy atom. The lowest BCUT2D eigenvalue weighted by atomic mass is 10.2. The lowest BCUT2D eigenvalue weighted by Gasteiger charge is -2.14. The smallest absolute Gasteiger partial charge is 0.241 e. The predicted molar refractivity (Wildman–Crippen MR) is 119 cm³/mol. The van der Waals surface area contributed by atoms with Gasteiger partial charge in [0, 0.05) is 29.2 Å². The summed E-state index contributed by atoms with van der Waals surface area (Å²) in [6.45, 7) is 5.69. The zero-order chi connectivity index (χ0) is 18.1. The standard InChI is InChI=1S/C18H26N4O2S.HI/c1-3-9-20-17(24)12-22-18(19-4-2)21-11-14(23)16-10-13-7-5-6-8-15(13)25-16;/h5-8,10,14,23H,3-4,9,11-12H2,1-2H3,(H,20,24)(H2,19,21,22);1H. The molecule has 2 rings (SSSR count). The number of carbonyl (C=O) groups is 1. The van der Waals surface area contributed by atoms with Gasteiger partial charge in [-0.2, -0.15) is 0 Å². The molecule has 4 N–H and O–H groups in total. The van der Waals surface area contributed by atoms with Crippen molar-refractivity contribution in [3.8, 4) is 0 Å². The molecule has 1 amide bonds. The van der Waals surface area contributed by atoms with Gasteiger partial charge in [-0.15, -0.1) is 35.3 Å². The minimum absolute atomic E-state index is 0. The van der Waals surface area contributed by atoms with E-state index in [0.29, 0.717) is 25.6 Å². The fraction of sp³-hybridized carbons (Fsp3) is 0.444. The van der Waals surface area contributed by atoms with Crippen molar-refractivity contribution in [1.29, 1.82) is 0 Å². The molecule has 1 aromatic carbocycles. The first kappa shape index (κ1) is 22.7. The van der Waals surface area contributed by atoms with Crippen LogP contribution < -0.4 is 16.0 Å². The second-order valence-electron chi connectivity index (χ2n) is 5.63. The summed E-state index contributed by atoms with van der Waals surface area (Å²) in [6.07, 6.45) is 0.268. The van der Waals surface area contributed by atoms with E-state index in [2.05, 4.69) is 20.9 Å². The van der Waals surface area contributed by atoms with Crippen LogP contribution in [0.25, 0.3) is 10.1 Å². The summed E-state index contributed by atoms with van der Waals surface area (Å²) in [6, 6.07) is 10.1. The molecular weight excluding hydrogens is 463 g/mol. The van der Waals surface area contributed by atoms with E-state index in [9.17, 15) is 9.90 Å². The van der Waals surface area contributed by atoms with Crippen molar-refractivity contribution in [2.24, 2.45) is 4.99 Å². The minimum atomic E-state index is -0.629. The van der Waals surface area contributed by atoms with Crippen molar-refractivity contribution in [1.82, 2.24) is 16.0 Å². The normalized spacial score (nSPS) is 12.3. The topological polar surface area (TPSA) is 85.8 Å². The molecule has 2 aromatic rings. The van der Waals surface area contributed by atoms with Crippen molar-refractivity contribution in [3.63, 3.8) is 0 Å². The Morgan fingerprint density at radius 1 is 1.23 bits per heavy atom. The second kappa shape index (κ2) is 12.1. The van der Waals surface area contributed by atoms with Crippen molar-refractivity contribution in [3.05, 3.63) is 35.2 Å². The Kier molecular flexibility index (Phi) is 10.5. The molecule has 144 valence electrons. The zero-order valence-electron chi connectivity index (χ0n) is 15.1. The highest BCUT2D eigenvalue weighted by atomic mass is 127. The van der Waals surface area contributed by atoms with Crippen LogP contribution in [-0.4, -0.2) is 43.2 Å². The van der Waals surface area contributed by atoms with Crippen molar-refractivity contribution >= 4 is 57.3 Å². The fourth-order valence-corrected chi connectivity index (χ4v) is 3.32. The monoisotopic (exact) mass is 490 g/mol. The first-order valence-corrected chi connectivity index (χ1v) is 9.41. The van der Waals surface area contributed by atoms with Crippen LogP contribution in [0.15, 0.2) is 35.3 Å². The number of thiophene rings is 1. The molecular formula is C18H27IN4O2S. The number of hydrogen-bond acceptors (Lipinski definition) is 4. The van der Waals surface area contributed by atoms with Gasteiger partial charge in [0.15, 0.2) is 5.96 Å². The maximum Gasteiger partial charge on any atom is 0.241 e. The summed E-state index contributed by atoms with van der Waals surface area (Å²) >= 11 is 1.58. The number of nitrogens with zero attached hydrogens (tertiary/aromatic N) is 1. The highest BCUT2D eigenvalue weighted by Crippen LogP contribution is 2.29. The number of fused-ring (bicyclic) bond motifs is 1. The van der Waals surface area contributed by atoms with Crippen molar-refractivity contribution < 1.29 is 9.90 Å². The molecule has 0 radical (unpaired) electrons. The van der Waals surface area contributed by atoms with E-state index < -0.39 is 6.10 Å². The van der Waals surface area contributed by atoms with Gasteiger partial charge in [0.1, 0.15) is 12.6 Å². The molecule has 0 spiro atoms. The Bertz CT molecular complexity index is 687. The third-order valence-electron chi connectivity index (χ3n) is 3.53. The van der Waals surface area contributed by atoms with E-state index in [1.807, 2.05) is 44.2 Å². The van der Waals surface area contributed by atoms with E-state index in [-0.39, 0.29) is 36.4 Å². The molecule has 1 unspecified atom stereocenters. The van der Waals surface area contributed by atoms with E-state index in [1.165, 1.54) is 0 Å². The van der Waals surface area contributed by atoms with Gasteiger partial charge in [-0.25, -0.2) is 4.99 Å². The summed E-state index contributed by atoms with van der Waals surface area (Å²) < 4.78 is 1.16. The number of benzene rings is 1. The lowest BCUT2D eigenvalue weighted by Crippen LogP contribution is -2.40. The molecule has 0 aliphatic carbocycles. The number of aliphatic hydroxyl groups excluding tert-OH is 1. The van der Waals surface area contributed by atoms with E-state index in [0.717, 1.165) is 21.4 Å². The van der Waals surface area contributed by atoms with Crippen LogP contribution in [0, 0.1) is 0 Å². The van der Waals surface area contributed by atoms with Crippen LogP contribution in [0.1, 0.15) is 31.2 Å². The molecule has 0 saturated carbocycles. The third-order valence-corrected chi connectivity index (χ3v) is 4.75. The first-order chi connectivity index (χ1) is 12.1. The van der Waals surface area contributed by atoms with Gasteiger partial charge in [-0.3, -0.25) is 4.79 Å². The van der Waals surface area contributed by atoms with Crippen LogP contribution >= 0.6 is 35.3 Å². The van der Waals surface area contributed by atoms with Gasteiger partial charge in [-0.05, 0) is 30.9 Å².